The number of aromatic amines is 1. The van der Waals surface area contributed by atoms with E-state index in [1.807, 2.05) is 18.2 Å². The highest BCUT2D eigenvalue weighted by atomic mass is 19.1. The van der Waals surface area contributed by atoms with Gasteiger partial charge in [0.15, 0.2) is 5.82 Å². The van der Waals surface area contributed by atoms with Crippen LogP contribution < -0.4 is 10.1 Å². The molecule has 0 saturated carbocycles. The highest BCUT2D eigenvalue weighted by Gasteiger charge is 2.12. The number of hydrogen-bond acceptors (Lipinski definition) is 4. The number of rotatable bonds is 4. The van der Waals surface area contributed by atoms with Gasteiger partial charge in [-0.2, -0.15) is 5.10 Å². The van der Waals surface area contributed by atoms with Crippen molar-refractivity contribution in [1.82, 2.24) is 20.5 Å². The second kappa shape index (κ2) is 5.80. The van der Waals surface area contributed by atoms with E-state index < -0.39 is 11.7 Å². The van der Waals surface area contributed by atoms with Gasteiger partial charge >= 0.3 is 0 Å². The summed E-state index contributed by atoms with van der Waals surface area (Å²) in [5.41, 5.74) is 1.95. The van der Waals surface area contributed by atoms with Crippen LogP contribution in [0.15, 0.2) is 36.7 Å². The highest BCUT2D eigenvalue weighted by molar-refractivity contribution is 5.94. The van der Waals surface area contributed by atoms with Crippen LogP contribution in [0.4, 0.5) is 4.39 Å². The molecule has 0 saturated heterocycles. The Kier molecular flexibility index (Phi) is 3.69. The number of nitrogens with one attached hydrogen (secondary N) is 2. The minimum atomic E-state index is -0.674. The standard InChI is InChI=1S/C15H13FN4O2/c1-22-15-12(16)5-10(7-18-15)14(21)17-6-9-3-2-4-13-11(9)8-19-20-13/h2-5,7-8H,6H2,1H3,(H,17,21)(H,19,20). The Labute approximate surface area is 125 Å². The number of amides is 1. The average Bonchev–Trinajstić information content (AvgIpc) is 3.01. The van der Waals surface area contributed by atoms with E-state index in [1.165, 1.54) is 13.3 Å². The lowest BCUT2D eigenvalue weighted by Crippen LogP contribution is -2.23. The molecule has 3 aromatic rings. The maximum Gasteiger partial charge on any atom is 0.253 e. The number of ether oxygens (including phenoxy) is 1. The van der Waals surface area contributed by atoms with Crippen LogP contribution in [0.3, 0.4) is 0 Å². The molecule has 0 unspecified atom stereocenters. The van der Waals surface area contributed by atoms with Crippen molar-refractivity contribution in [2.75, 3.05) is 7.11 Å². The van der Waals surface area contributed by atoms with E-state index >= 15 is 0 Å². The zero-order valence-corrected chi connectivity index (χ0v) is 11.8. The topological polar surface area (TPSA) is 79.9 Å². The predicted molar refractivity (Wildman–Crippen MR) is 78.0 cm³/mol. The summed E-state index contributed by atoms with van der Waals surface area (Å²) in [7, 11) is 1.32. The van der Waals surface area contributed by atoms with Crippen molar-refractivity contribution in [1.29, 1.82) is 0 Å². The van der Waals surface area contributed by atoms with Crippen LogP contribution in [-0.2, 0) is 6.54 Å². The summed E-state index contributed by atoms with van der Waals surface area (Å²) >= 11 is 0. The minimum Gasteiger partial charge on any atom is -0.479 e. The quantitative estimate of drug-likeness (QED) is 0.772. The molecule has 0 aliphatic heterocycles. The lowest BCUT2D eigenvalue weighted by molar-refractivity contribution is 0.0950. The Bertz CT molecular complexity index is 831. The van der Waals surface area contributed by atoms with Gasteiger partial charge in [0.25, 0.3) is 5.91 Å². The summed E-state index contributed by atoms with van der Waals surface area (Å²) in [4.78, 5) is 15.8. The Morgan fingerprint density at radius 1 is 1.41 bits per heavy atom. The Morgan fingerprint density at radius 3 is 3.05 bits per heavy atom. The maximum atomic E-state index is 13.6. The van der Waals surface area contributed by atoms with Crippen molar-refractivity contribution in [3.8, 4) is 5.88 Å². The average molecular weight is 300 g/mol. The Balaban J connectivity index is 1.75. The number of fused-ring (bicyclic) bond motifs is 1. The molecule has 1 aromatic carbocycles. The van der Waals surface area contributed by atoms with Gasteiger partial charge in [0, 0.05) is 18.1 Å². The maximum absolute atomic E-state index is 13.6. The van der Waals surface area contributed by atoms with E-state index in [-0.39, 0.29) is 11.4 Å². The first-order valence-corrected chi connectivity index (χ1v) is 6.57. The van der Waals surface area contributed by atoms with Crippen molar-refractivity contribution in [2.24, 2.45) is 0 Å². The third-order valence-corrected chi connectivity index (χ3v) is 3.28. The van der Waals surface area contributed by atoms with Crippen LogP contribution in [-0.4, -0.2) is 28.2 Å². The normalized spacial score (nSPS) is 10.6. The van der Waals surface area contributed by atoms with Crippen LogP contribution in [0.5, 0.6) is 5.88 Å². The molecule has 0 atom stereocenters. The molecule has 0 bridgehead atoms. The fourth-order valence-corrected chi connectivity index (χ4v) is 2.16. The molecule has 112 valence electrons. The SMILES string of the molecule is COc1ncc(C(=O)NCc2cccc3[nH]ncc23)cc1F. The fourth-order valence-electron chi connectivity index (χ4n) is 2.16. The van der Waals surface area contributed by atoms with E-state index in [0.717, 1.165) is 22.5 Å². The molecule has 22 heavy (non-hydrogen) atoms. The van der Waals surface area contributed by atoms with Gasteiger partial charge in [-0.05, 0) is 17.7 Å². The molecule has 0 aliphatic rings. The molecule has 2 aromatic heterocycles. The van der Waals surface area contributed by atoms with Crippen LogP contribution >= 0.6 is 0 Å². The van der Waals surface area contributed by atoms with Crippen molar-refractivity contribution in [2.45, 2.75) is 6.54 Å². The van der Waals surface area contributed by atoms with Gasteiger partial charge in [-0.15, -0.1) is 0 Å². The summed E-state index contributed by atoms with van der Waals surface area (Å²) in [6.07, 6.45) is 2.97. The van der Waals surface area contributed by atoms with E-state index in [4.69, 9.17) is 4.74 Å². The molecule has 0 fully saturated rings. The second-order valence-corrected chi connectivity index (χ2v) is 4.65. The second-order valence-electron chi connectivity index (χ2n) is 4.65. The molecular weight excluding hydrogens is 287 g/mol. The molecule has 2 N–H and O–H groups in total. The number of methoxy groups -OCH3 is 1. The van der Waals surface area contributed by atoms with Gasteiger partial charge in [0.05, 0.1) is 24.4 Å². The van der Waals surface area contributed by atoms with Crippen molar-refractivity contribution >= 4 is 16.8 Å². The third-order valence-electron chi connectivity index (χ3n) is 3.28. The van der Waals surface area contributed by atoms with Gasteiger partial charge in [-0.1, -0.05) is 12.1 Å². The summed E-state index contributed by atoms with van der Waals surface area (Å²) in [5.74, 6) is -1.22. The molecule has 0 radical (unpaired) electrons. The first-order chi connectivity index (χ1) is 10.7. The molecule has 0 aliphatic carbocycles. The number of pyridine rings is 1. The molecule has 6 nitrogen and oxygen atoms in total. The molecule has 0 spiro atoms. The van der Waals surface area contributed by atoms with E-state index in [2.05, 4.69) is 20.5 Å². The largest absolute Gasteiger partial charge is 0.479 e. The first kappa shape index (κ1) is 14.0. The number of benzene rings is 1. The summed E-state index contributed by atoms with van der Waals surface area (Å²) in [6.45, 7) is 0.309. The van der Waals surface area contributed by atoms with Crippen molar-refractivity contribution in [3.63, 3.8) is 0 Å². The lowest BCUT2D eigenvalue weighted by Gasteiger charge is -2.07. The van der Waals surface area contributed by atoms with Gasteiger partial charge in [0.1, 0.15) is 0 Å². The van der Waals surface area contributed by atoms with Crippen LogP contribution in [0, 0.1) is 5.82 Å². The number of halogens is 1. The van der Waals surface area contributed by atoms with Gasteiger partial charge < -0.3 is 10.1 Å². The lowest BCUT2D eigenvalue weighted by atomic mass is 10.1. The summed E-state index contributed by atoms with van der Waals surface area (Å²) in [6, 6.07) is 6.76. The number of hydrogen-bond donors (Lipinski definition) is 2. The number of carbonyl (C=O) groups is 1. The summed E-state index contributed by atoms with van der Waals surface area (Å²) < 4.78 is 18.3. The predicted octanol–water partition coefficient (Wildman–Crippen LogP) is 2.04. The Hall–Kier alpha value is -2.96. The number of aromatic nitrogens is 3. The molecule has 1 amide bonds. The Morgan fingerprint density at radius 2 is 2.27 bits per heavy atom. The van der Waals surface area contributed by atoms with E-state index in [9.17, 15) is 9.18 Å². The zero-order chi connectivity index (χ0) is 15.5. The number of carbonyl (C=O) groups excluding carboxylic acids is 1. The van der Waals surface area contributed by atoms with Crippen LogP contribution in [0.2, 0.25) is 0 Å². The first-order valence-electron chi connectivity index (χ1n) is 6.57. The van der Waals surface area contributed by atoms with Crippen LogP contribution in [0.1, 0.15) is 15.9 Å². The van der Waals surface area contributed by atoms with E-state index in [0.29, 0.717) is 6.54 Å². The zero-order valence-electron chi connectivity index (χ0n) is 11.8. The van der Waals surface area contributed by atoms with Gasteiger partial charge in [-0.25, -0.2) is 9.37 Å². The smallest absolute Gasteiger partial charge is 0.253 e. The van der Waals surface area contributed by atoms with Gasteiger partial charge in [-0.3, -0.25) is 9.89 Å². The third kappa shape index (κ3) is 2.60. The highest BCUT2D eigenvalue weighted by Crippen LogP contribution is 2.16. The van der Waals surface area contributed by atoms with Crippen molar-refractivity contribution < 1.29 is 13.9 Å². The number of nitrogens with zero attached hydrogens (tertiary/aromatic N) is 2. The van der Waals surface area contributed by atoms with Crippen molar-refractivity contribution in [3.05, 3.63) is 53.6 Å². The van der Waals surface area contributed by atoms with Gasteiger partial charge in [0.2, 0.25) is 5.88 Å². The summed E-state index contributed by atoms with van der Waals surface area (Å²) in [5, 5.41) is 10.5. The monoisotopic (exact) mass is 300 g/mol. The number of H-pyrrole nitrogens is 1. The van der Waals surface area contributed by atoms with E-state index in [1.54, 1.807) is 6.20 Å². The fraction of sp³-hybridized carbons (Fsp3) is 0.133. The molecule has 7 heteroatoms. The minimum absolute atomic E-state index is 0.137. The molecular formula is C15H13FN4O2. The molecule has 3 rings (SSSR count). The van der Waals surface area contributed by atoms with Crippen LogP contribution in [0.25, 0.3) is 10.9 Å². The molecule has 2 heterocycles.